The molecule has 0 saturated carbocycles. The molecule has 0 spiro atoms. The van der Waals surface area contributed by atoms with Crippen LogP contribution in [0.15, 0.2) is 29.2 Å². The van der Waals surface area contributed by atoms with Gasteiger partial charge in [0.2, 0.25) is 10.0 Å². The van der Waals surface area contributed by atoms with Gasteiger partial charge in [0.15, 0.2) is 0 Å². The van der Waals surface area contributed by atoms with Gasteiger partial charge in [-0.3, -0.25) is 0 Å². The molecule has 1 unspecified atom stereocenters. The Labute approximate surface area is 119 Å². The molecule has 19 heavy (non-hydrogen) atoms. The average Bonchev–Trinajstić information content (AvgIpc) is 2.47. The Balaban J connectivity index is 2.34. The van der Waals surface area contributed by atoms with Crippen molar-refractivity contribution in [3.8, 4) is 0 Å². The second-order valence-electron chi connectivity index (χ2n) is 4.53. The van der Waals surface area contributed by atoms with Crippen molar-refractivity contribution in [3.05, 3.63) is 29.8 Å². The zero-order valence-electron chi connectivity index (χ0n) is 10.9. The van der Waals surface area contributed by atoms with E-state index in [1.165, 1.54) is 0 Å². The number of hydrogen-bond acceptors (Lipinski definition) is 3. The second-order valence-corrected chi connectivity index (χ2v) is 6.69. The van der Waals surface area contributed by atoms with E-state index in [1.807, 2.05) is 13.0 Å². The van der Waals surface area contributed by atoms with Gasteiger partial charge in [-0.15, -0.1) is 11.6 Å². The number of benzene rings is 1. The van der Waals surface area contributed by atoms with Crippen molar-refractivity contribution in [1.29, 1.82) is 0 Å². The topological polar surface area (TPSA) is 46.6 Å². The van der Waals surface area contributed by atoms with Gasteiger partial charge in [-0.2, -0.15) is 4.31 Å². The molecule has 2 rings (SSSR count). The summed E-state index contributed by atoms with van der Waals surface area (Å²) < 4.78 is 32.2. The molecule has 1 aliphatic rings. The van der Waals surface area contributed by atoms with Crippen LogP contribution in [0.5, 0.6) is 0 Å². The monoisotopic (exact) mass is 303 g/mol. The van der Waals surface area contributed by atoms with Crippen molar-refractivity contribution in [2.24, 2.45) is 0 Å². The van der Waals surface area contributed by atoms with E-state index in [0.717, 1.165) is 12.0 Å². The number of halogens is 1. The lowest BCUT2D eigenvalue weighted by atomic mass is 10.2. The molecule has 0 amide bonds. The van der Waals surface area contributed by atoms with E-state index in [4.69, 9.17) is 16.3 Å². The summed E-state index contributed by atoms with van der Waals surface area (Å²) in [7, 11) is -3.46. The Bertz CT molecular complexity index is 532. The summed E-state index contributed by atoms with van der Waals surface area (Å²) in [5.41, 5.74) is 0.809. The molecule has 1 heterocycles. The molecule has 106 valence electrons. The minimum atomic E-state index is -3.46. The van der Waals surface area contributed by atoms with Gasteiger partial charge in [0, 0.05) is 18.5 Å². The number of sulfonamides is 1. The van der Waals surface area contributed by atoms with E-state index < -0.39 is 10.0 Å². The highest BCUT2D eigenvalue weighted by atomic mass is 35.5. The molecule has 0 aliphatic carbocycles. The lowest BCUT2D eigenvalue weighted by Crippen LogP contribution is -2.48. The molecule has 6 heteroatoms. The fourth-order valence-corrected chi connectivity index (χ4v) is 4.11. The van der Waals surface area contributed by atoms with Crippen molar-refractivity contribution in [1.82, 2.24) is 4.31 Å². The fraction of sp³-hybridized carbons (Fsp3) is 0.538. The lowest BCUT2D eigenvalue weighted by molar-refractivity contribution is 0.0314. The van der Waals surface area contributed by atoms with E-state index in [-0.39, 0.29) is 6.04 Å². The van der Waals surface area contributed by atoms with E-state index in [1.54, 1.807) is 22.5 Å². The lowest BCUT2D eigenvalue weighted by Gasteiger charge is -2.34. The van der Waals surface area contributed by atoms with Crippen LogP contribution in [0.4, 0.5) is 0 Å². The normalized spacial score (nSPS) is 21.5. The highest BCUT2D eigenvalue weighted by Gasteiger charge is 2.32. The molecular weight excluding hydrogens is 286 g/mol. The Morgan fingerprint density at radius 1 is 1.47 bits per heavy atom. The van der Waals surface area contributed by atoms with Crippen LogP contribution >= 0.6 is 11.6 Å². The highest BCUT2D eigenvalue weighted by Crippen LogP contribution is 2.23. The zero-order chi connectivity index (χ0) is 13.9. The summed E-state index contributed by atoms with van der Waals surface area (Å²) in [5.74, 6) is 0.309. The van der Waals surface area contributed by atoms with Gasteiger partial charge >= 0.3 is 0 Å². The molecule has 0 radical (unpaired) electrons. The third-order valence-electron chi connectivity index (χ3n) is 3.30. The predicted octanol–water partition coefficient (Wildman–Crippen LogP) is 2.22. The van der Waals surface area contributed by atoms with Crippen LogP contribution < -0.4 is 0 Å². The Morgan fingerprint density at radius 3 is 2.95 bits per heavy atom. The summed E-state index contributed by atoms with van der Waals surface area (Å²) in [6.45, 7) is 3.29. The molecule has 1 fully saturated rings. The Morgan fingerprint density at radius 2 is 2.26 bits per heavy atom. The molecule has 0 aromatic heterocycles. The first-order valence-electron chi connectivity index (χ1n) is 6.34. The van der Waals surface area contributed by atoms with Crippen molar-refractivity contribution in [2.75, 3.05) is 19.8 Å². The average molecular weight is 304 g/mol. The van der Waals surface area contributed by atoms with Gasteiger partial charge in [0.25, 0.3) is 0 Å². The van der Waals surface area contributed by atoms with Crippen LogP contribution in [0.1, 0.15) is 18.9 Å². The largest absolute Gasteiger partial charge is 0.378 e. The van der Waals surface area contributed by atoms with Gasteiger partial charge in [-0.25, -0.2) is 8.42 Å². The highest BCUT2D eigenvalue weighted by molar-refractivity contribution is 7.89. The second kappa shape index (κ2) is 6.22. The molecule has 0 bridgehead atoms. The quantitative estimate of drug-likeness (QED) is 0.801. The first-order chi connectivity index (χ1) is 9.09. The first kappa shape index (κ1) is 14.8. The zero-order valence-corrected chi connectivity index (χ0v) is 12.5. The van der Waals surface area contributed by atoms with Crippen LogP contribution in [0.3, 0.4) is 0 Å². The van der Waals surface area contributed by atoms with Crippen LogP contribution in [-0.4, -0.2) is 38.5 Å². The van der Waals surface area contributed by atoms with Gasteiger partial charge < -0.3 is 4.74 Å². The number of rotatable bonds is 4. The maximum Gasteiger partial charge on any atom is 0.243 e. The number of morpholine rings is 1. The minimum Gasteiger partial charge on any atom is -0.378 e. The summed E-state index contributed by atoms with van der Waals surface area (Å²) in [6, 6.07) is 6.73. The summed E-state index contributed by atoms with van der Waals surface area (Å²) in [4.78, 5) is 0.311. The van der Waals surface area contributed by atoms with Crippen LogP contribution in [0, 0.1) is 0 Å². The maximum atomic E-state index is 12.7. The molecule has 4 nitrogen and oxygen atoms in total. The molecule has 1 atom stereocenters. The molecule has 1 aromatic rings. The number of nitrogens with zero attached hydrogens (tertiary/aromatic N) is 1. The van der Waals surface area contributed by atoms with Crippen molar-refractivity contribution < 1.29 is 13.2 Å². The maximum absolute atomic E-state index is 12.7. The van der Waals surface area contributed by atoms with E-state index in [0.29, 0.717) is 30.5 Å². The van der Waals surface area contributed by atoms with Crippen molar-refractivity contribution in [2.45, 2.75) is 30.2 Å². The molecule has 0 N–H and O–H groups in total. The molecule has 1 aliphatic heterocycles. The van der Waals surface area contributed by atoms with E-state index >= 15 is 0 Å². The molecule has 1 aromatic carbocycles. The first-order valence-corrected chi connectivity index (χ1v) is 8.31. The van der Waals surface area contributed by atoms with Crippen molar-refractivity contribution in [3.63, 3.8) is 0 Å². The Kier molecular flexibility index (Phi) is 4.84. The van der Waals surface area contributed by atoms with Crippen molar-refractivity contribution >= 4 is 21.6 Å². The van der Waals surface area contributed by atoms with E-state index in [2.05, 4.69) is 0 Å². The van der Waals surface area contributed by atoms with Crippen LogP contribution in [0.2, 0.25) is 0 Å². The van der Waals surface area contributed by atoms with Gasteiger partial charge in [-0.05, 0) is 24.1 Å². The smallest absolute Gasteiger partial charge is 0.243 e. The standard InChI is InChI=1S/C13H18ClNO3S/c1-2-12-10-18-7-6-15(12)19(16,17)13-5-3-4-11(8-13)9-14/h3-5,8,12H,2,6-7,9-10H2,1H3. The fourth-order valence-electron chi connectivity index (χ4n) is 2.20. The number of ether oxygens (including phenoxy) is 1. The third kappa shape index (κ3) is 3.11. The van der Waals surface area contributed by atoms with Gasteiger partial charge in [0.05, 0.1) is 18.1 Å². The van der Waals surface area contributed by atoms with Crippen LogP contribution in [0.25, 0.3) is 0 Å². The molecular formula is C13H18ClNO3S. The Hall–Kier alpha value is -0.620. The van der Waals surface area contributed by atoms with Crippen LogP contribution in [-0.2, 0) is 20.6 Å². The molecule has 1 saturated heterocycles. The summed E-state index contributed by atoms with van der Waals surface area (Å²) in [6.07, 6.45) is 0.744. The predicted molar refractivity (Wildman–Crippen MR) is 74.8 cm³/mol. The minimum absolute atomic E-state index is 0.0848. The van der Waals surface area contributed by atoms with E-state index in [9.17, 15) is 8.42 Å². The summed E-state index contributed by atoms with van der Waals surface area (Å²) >= 11 is 5.76. The summed E-state index contributed by atoms with van der Waals surface area (Å²) in [5, 5.41) is 0. The van der Waals surface area contributed by atoms with Gasteiger partial charge in [-0.1, -0.05) is 19.1 Å². The third-order valence-corrected chi connectivity index (χ3v) is 5.56. The number of hydrogen-bond donors (Lipinski definition) is 0. The SMILES string of the molecule is CCC1COCCN1S(=O)(=O)c1cccc(CCl)c1. The number of alkyl halides is 1. The van der Waals surface area contributed by atoms with Gasteiger partial charge in [0.1, 0.15) is 0 Å².